The Labute approximate surface area is 206 Å². The SMILES string of the molecule is Fc1ccc(CNc2nc(NCc3ccc(F)cc3)nc(NNC(=S)Nc3ccccc3)n2)cc1. The maximum atomic E-state index is 13.2. The highest BCUT2D eigenvalue weighted by atomic mass is 32.1. The lowest BCUT2D eigenvalue weighted by Gasteiger charge is -2.14. The van der Waals surface area contributed by atoms with Gasteiger partial charge in [-0.1, -0.05) is 42.5 Å². The fourth-order valence-corrected chi connectivity index (χ4v) is 3.12. The Morgan fingerprint density at radius 1 is 0.657 bits per heavy atom. The Hall–Kier alpha value is -4.38. The van der Waals surface area contributed by atoms with Crippen molar-refractivity contribution in [3.63, 3.8) is 0 Å². The predicted molar refractivity (Wildman–Crippen MR) is 137 cm³/mol. The van der Waals surface area contributed by atoms with Gasteiger partial charge in [0.25, 0.3) is 0 Å². The molecule has 178 valence electrons. The van der Waals surface area contributed by atoms with Crippen molar-refractivity contribution in [2.24, 2.45) is 0 Å². The van der Waals surface area contributed by atoms with E-state index in [0.29, 0.717) is 18.2 Å². The summed E-state index contributed by atoms with van der Waals surface area (Å²) in [6, 6.07) is 21.7. The van der Waals surface area contributed by atoms with E-state index in [1.165, 1.54) is 24.3 Å². The number of para-hydroxylation sites is 1. The molecule has 0 spiro atoms. The zero-order valence-corrected chi connectivity index (χ0v) is 19.2. The van der Waals surface area contributed by atoms with Crippen LogP contribution in [0.15, 0.2) is 78.9 Å². The third kappa shape index (κ3) is 7.57. The molecule has 35 heavy (non-hydrogen) atoms. The van der Waals surface area contributed by atoms with E-state index in [0.717, 1.165) is 16.8 Å². The number of thiocarbonyl (C=S) groups is 1. The van der Waals surface area contributed by atoms with Crippen LogP contribution in [0.2, 0.25) is 0 Å². The van der Waals surface area contributed by atoms with Gasteiger partial charge in [-0.2, -0.15) is 15.0 Å². The second-order valence-electron chi connectivity index (χ2n) is 7.34. The number of hydrogen-bond acceptors (Lipinski definition) is 7. The van der Waals surface area contributed by atoms with Crippen LogP contribution in [0.5, 0.6) is 0 Å². The number of hydrazine groups is 1. The molecule has 11 heteroatoms. The van der Waals surface area contributed by atoms with E-state index >= 15 is 0 Å². The molecule has 0 aliphatic carbocycles. The molecule has 0 radical (unpaired) electrons. The number of benzene rings is 3. The third-order valence-electron chi connectivity index (χ3n) is 4.68. The zero-order chi connectivity index (χ0) is 24.5. The second kappa shape index (κ2) is 11.7. The number of anilines is 4. The lowest BCUT2D eigenvalue weighted by molar-refractivity contribution is 0.626. The highest BCUT2D eigenvalue weighted by Crippen LogP contribution is 2.13. The lowest BCUT2D eigenvalue weighted by Crippen LogP contribution is -2.34. The largest absolute Gasteiger partial charge is 0.350 e. The van der Waals surface area contributed by atoms with E-state index < -0.39 is 0 Å². The molecular weight excluding hydrogens is 470 g/mol. The molecule has 0 aliphatic rings. The van der Waals surface area contributed by atoms with E-state index in [4.69, 9.17) is 12.2 Å². The third-order valence-corrected chi connectivity index (χ3v) is 4.89. The van der Waals surface area contributed by atoms with Crippen LogP contribution in [-0.4, -0.2) is 20.1 Å². The van der Waals surface area contributed by atoms with Crippen LogP contribution in [0.4, 0.5) is 32.3 Å². The number of halogens is 2. The Kier molecular flexibility index (Phi) is 7.92. The molecule has 0 saturated heterocycles. The number of nitrogens with zero attached hydrogens (tertiary/aromatic N) is 3. The van der Waals surface area contributed by atoms with Gasteiger partial charge in [0.1, 0.15) is 11.6 Å². The smallest absolute Gasteiger partial charge is 0.248 e. The predicted octanol–water partition coefficient (Wildman–Crippen LogP) is 4.69. The van der Waals surface area contributed by atoms with Crippen LogP contribution in [0.3, 0.4) is 0 Å². The summed E-state index contributed by atoms with van der Waals surface area (Å²) in [4.78, 5) is 13.1. The summed E-state index contributed by atoms with van der Waals surface area (Å²) in [5.74, 6) is 0.174. The maximum Gasteiger partial charge on any atom is 0.248 e. The molecule has 4 aromatic rings. The van der Waals surface area contributed by atoms with Crippen LogP contribution in [0.25, 0.3) is 0 Å². The van der Waals surface area contributed by atoms with E-state index in [9.17, 15) is 8.78 Å². The minimum atomic E-state index is -0.307. The van der Waals surface area contributed by atoms with E-state index in [2.05, 4.69) is 41.8 Å². The van der Waals surface area contributed by atoms with Gasteiger partial charge in [-0.05, 0) is 59.7 Å². The molecule has 0 unspecified atom stereocenters. The zero-order valence-electron chi connectivity index (χ0n) is 18.4. The first-order valence-corrected chi connectivity index (χ1v) is 11.0. The minimum Gasteiger partial charge on any atom is -0.350 e. The number of hydrogen-bond donors (Lipinski definition) is 5. The highest BCUT2D eigenvalue weighted by Gasteiger charge is 2.08. The van der Waals surface area contributed by atoms with Crippen molar-refractivity contribution >= 4 is 40.9 Å². The molecule has 4 rings (SSSR count). The normalized spacial score (nSPS) is 10.3. The summed E-state index contributed by atoms with van der Waals surface area (Å²) in [7, 11) is 0. The molecule has 0 aliphatic heterocycles. The van der Waals surface area contributed by atoms with Crippen LogP contribution in [-0.2, 0) is 13.1 Å². The quantitative estimate of drug-likeness (QED) is 0.168. The summed E-state index contributed by atoms with van der Waals surface area (Å²) in [5, 5.41) is 9.56. The van der Waals surface area contributed by atoms with Gasteiger partial charge in [0.15, 0.2) is 5.11 Å². The Balaban J connectivity index is 1.44. The maximum absolute atomic E-state index is 13.2. The van der Waals surface area contributed by atoms with Crippen molar-refractivity contribution in [3.05, 3.63) is 102 Å². The fraction of sp³-hybridized carbons (Fsp3) is 0.0833. The van der Waals surface area contributed by atoms with Crippen LogP contribution < -0.4 is 26.8 Å². The summed E-state index contributed by atoms with van der Waals surface area (Å²) in [5.41, 5.74) is 8.24. The molecule has 8 nitrogen and oxygen atoms in total. The van der Waals surface area contributed by atoms with Crippen LogP contribution >= 0.6 is 12.2 Å². The monoisotopic (exact) mass is 492 g/mol. The summed E-state index contributed by atoms with van der Waals surface area (Å²) >= 11 is 5.30. The van der Waals surface area contributed by atoms with Gasteiger partial charge >= 0.3 is 0 Å². The van der Waals surface area contributed by atoms with Gasteiger partial charge in [0.2, 0.25) is 17.8 Å². The van der Waals surface area contributed by atoms with Gasteiger partial charge < -0.3 is 16.0 Å². The molecular formula is C24H22F2N8S. The summed E-state index contributed by atoms with van der Waals surface area (Å²) in [6.45, 7) is 0.755. The van der Waals surface area contributed by atoms with Crippen molar-refractivity contribution in [3.8, 4) is 0 Å². The molecule has 0 atom stereocenters. The Morgan fingerprint density at radius 2 is 1.14 bits per heavy atom. The van der Waals surface area contributed by atoms with Crippen molar-refractivity contribution in [2.45, 2.75) is 13.1 Å². The van der Waals surface area contributed by atoms with Crippen LogP contribution in [0.1, 0.15) is 11.1 Å². The summed E-state index contributed by atoms with van der Waals surface area (Å²) < 4.78 is 26.4. The average Bonchev–Trinajstić information content (AvgIpc) is 2.87. The first-order valence-electron chi connectivity index (χ1n) is 10.6. The van der Waals surface area contributed by atoms with Gasteiger partial charge in [0, 0.05) is 18.8 Å². The van der Waals surface area contributed by atoms with E-state index in [1.54, 1.807) is 24.3 Å². The van der Waals surface area contributed by atoms with E-state index in [1.807, 2.05) is 30.3 Å². The van der Waals surface area contributed by atoms with Crippen LogP contribution in [0, 0.1) is 11.6 Å². The van der Waals surface area contributed by atoms with Gasteiger partial charge in [-0.15, -0.1) is 0 Å². The van der Waals surface area contributed by atoms with Gasteiger partial charge in [0.05, 0.1) is 0 Å². The molecule has 5 N–H and O–H groups in total. The molecule has 0 bridgehead atoms. The van der Waals surface area contributed by atoms with E-state index in [-0.39, 0.29) is 29.5 Å². The number of nitrogens with one attached hydrogen (secondary N) is 5. The molecule has 3 aromatic carbocycles. The first kappa shape index (κ1) is 23.8. The standard InChI is InChI=1S/C24H22F2N8S/c25-18-10-6-16(7-11-18)14-27-21-30-22(28-15-17-8-12-19(26)13-9-17)32-23(31-21)33-34-24(35)29-20-4-2-1-3-5-20/h1-13H,14-15H2,(H2,29,34,35)(H3,27,28,30,31,32,33). The average molecular weight is 493 g/mol. The van der Waals surface area contributed by atoms with Crippen molar-refractivity contribution in [2.75, 3.05) is 21.4 Å². The summed E-state index contributed by atoms with van der Waals surface area (Å²) in [6.07, 6.45) is 0. The topological polar surface area (TPSA) is 98.8 Å². The molecule has 1 aromatic heterocycles. The first-order chi connectivity index (χ1) is 17.0. The Morgan fingerprint density at radius 3 is 1.66 bits per heavy atom. The lowest BCUT2D eigenvalue weighted by atomic mass is 10.2. The minimum absolute atomic E-state index is 0.209. The van der Waals surface area contributed by atoms with Crippen molar-refractivity contribution < 1.29 is 8.78 Å². The van der Waals surface area contributed by atoms with Gasteiger partial charge in [-0.25, -0.2) is 8.78 Å². The molecule has 0 fully saturated rings. The molecule has 0 saturated carbocycles. The van der Waals surface area contributed by atoms with Gasteiger partial charge in [-0.3, -0.25) is 10.9 Å². The number of aromatic nitrogens is 3. The molecule has 0 amide bonds. The number of rotatable bonds is 9. The Bertz CT molecular complexity index is 1190. The van der Waals surface area contributed by atoms with Crippen molar-refractivity contribution in [1.29, 1.82) is 0 Å². The molecule has 1 heterocycles. The highest BCUT2D eigenvalue weighted by molar-refractivity contribution is 7.80. The van der Waals surface area contributed by atoms with Crippen molar-refractivity contribution in [1.82, 2.24) is 20.4 Å². The fourth-order valence-electron chi connectivity index (χ4n) is 2.95. The second-order valence-corrected chi connectivity index (χ2v) is 7.74.